The highest BCUT2D eigenvalue weighted by molar-refractivity contribution is 6.04. The molecule has 1 heterocycles. The fourth-order valence-corrected chi connectivity index (χ4v) is 1.50. The monoisotopic (exact) mass is 210 g/mol. The summed E-state index contributed by atoms with van der Waals surface area (Å²) in [5.74, 6) is -0.196. The summed E-state index contributed by atoms with van der Waals surface area (Å²) < 4.78 is 18.3. The number of benzene rings is 1. The smallest absolute Gasteiger partial charge is 0.245 e. The maximum Gasteiger partial charge on any atom is 0.245 e. The fourth-order valence-electron chi connectivity index (χ4n) is 1.50. The second-order valence-corrected chi connectivity index (χ2v) is 3.37. The Kier molecular flexibility index (Phi) is 2.32. The molecule has 1 atom stereocenters. The summed E-state index contributed by atoms with van der Waals surface area (Å²) in [5, 5.41) is 0. The van der Waals surface area contributed by atoms with Gasteiger partial charge in [0.15, 0.2) is 0 Å². The first kappa shape index (κ1) is 9.92. The van der Waals surface area contributed by atoms with Crippen molar-refractivity contribution in [2.24, 2.45) is 5.73 Å². The lowest BCUT2D eigenvalue weighted by atomic mass is 10.1. The van der Waals surface area contributed by atoms with Gasteiger partial charge in [0.2, 0.25) is 5.91 Å². The zero-order valence-electron chi connectivity index (χ0n) is 8.24. The van der Waals surface area contributed by atoms with Crippen molar-refractivity contribution >= 4 is 11.6 Å². The number of rotatable bonds is 2. The highest BCUT2D eigenvalue weighted by Gasteiger charge is 2.36. The first-order valence-corrected chi connectivity index (χ1v) is 4.54. The molecular formula is C10H11FN2O2. The van der Waals surface area contributed by atoms with Crippen LogP contribution in [-0.2, 0) is 4.79 Å². The molecule has 2 N–H and O–H groups in total. The number of halogens is 1. The van der Waals surface area contributed by atoms with Crippen molar-refractivity contribution in [1.82, 2.24) is 0 Å². The van der Waals surface area contributed by atoms with Crippen molar-refractivity contribution in [3.05, 3.63) is 24.0 Å². The van der Waals surface area contributed by atoms with Gasteiger partial charge < -0.3 is 15.4 Å². The Morgan fingerprint density at radius 3 is 2.87 bits per heavy atom. The van der Waals surface area contributed by atoms with Gasteiger partial charge in [-0.15, -0.1) is 0 Å². The van der Waals surface area contributed by atoms with Crippen LogP contribution in [0.5, 0.6) is 5.75 Å². The van der Waals surface area contributed by atoms with Gasteiger partial charge >= 0.3 is 0 Å². The molecule has 1 aliphatic heterocycles. The van der Waals surface area contributed by atoms with Crippen LogP contribution in [0.1, 0.15) is 0 Å². The van der Waals surface area contributed by atoms with Gasteiger partial charge in [0.05, 0.1) is 19.3 Å². The number of ether oxygens (including phenoxy) is 1. The highest BCUT2D eigenvalue weighted by Crippen LogP contribution is 2.28. The van der Waals surface area contributed by atoms with E-state index in [1.807, 2.05) is 0 Å². The molecule has 0 spiro atoms. The molecule has 4 nitrogen and oxygen atoms in total. The number of amides is 1. The standard InChI is InChI=1S/C10H11FN2O2/c1-15-6-2-3-7(11)9(4-6)13-5-8(12)10(13)14/h2-4,8H,5,12H2,1H3. The number of carbonyl (C=O) groups excluding carboxylic acids is 1. The second-order valence-electron chi connectivity index (χ2n) is 3.37. The van der Waals surface area contributed by atoms with Gasteiger partial charge in [0, 0.05) is 6.07 Å². The van der Waals surface area contributed by atoms with Gasteiger partial charge in [-0.25, -0.2) is 4.39 Å². The van der Waals surface area contributed by atoms with Crippen molar-refractivity contribution in [2.45, 2.75) is 6.04 Å². The van der Waals surface area contributed by atoms with Gasteiger partial charge in [0.25, 0.3) is 0 Å². The van der Waals surface area contributed by atoms with E-state index in [0.717, 1.165) is 0 Å². The van der Waals surface area contributed by atoms with Crippen LogP contribution in [-0.4, -0.2) is 25.6 Å². The fraction of sp³-hybridized carbons (Fsp3) is 0.300. The third kappa shape index (κ3) is 1.55. The zero-order chi connectivity index (χ0) is 11.0. The van der Waals surface area contributed by atoms with E-state index in [0.29, 0.717) is 12.3 Å². The number of methoxy groups -OCH3 is 1. The third-order valence-corrected chi connectivity index (χ3v) is 2.41. The van der Waals surface area contributed by atoms with Crippen molar-refractivity contribution in [1.29, 1.82) is 0 Å². The molecule has 2 rings (SSSR count). The molecule has 5 heteroatoms. The van der Waals surface area contributed by atoms with Crippen molar-refractivity contribution < 1.29 is 13.9 Å². The van der Waals surface area contributed by atoms with Crippen LogP contribution in [0.15, 0.2) is 18.2 Å². The van der Waals surface area contributed by atoms with E-state index in [2.05, 4.69) is 0 Å². The molecule has 1 aromatic rings. The molecule has 1 fully saturated rings. The Morgan fingerprint density at radius 1 is 1.60 bits per heavy atom. The largest absolute Gasteiger partial charge is 0.497 e. The lowest BCUT2D eigenvalue weighted by molar-refractivity contribution is -0.123. The van der Waals surface area contributed by atoms with Crippen LogP contribution >= 0.6 is 0 Å². The first-order chi connectivity index (χ1) is 7.13. The number of hydrogen-bond acceptors (Lipinski definition) is 3. The number of carbonyl (C=O) groups is 1. The number of β-lactam (4-membered cyclic amide) rings is 1. The molecule has 0 aliphatic carbocycles. The van der Waals surface area contributed by atoms with Crippen LogP contribution in [0.4, 0.5) is 10.1 Å². The normalized spacial score (nSPS) is 20.1. The Morgan fingerprint density at radius 2 is 2.33 bits per heavy atom. The van der Waals surface area contributed by atoms with Gasteiger partial charge in [-0.05, 0) is 12.1 Å². The van der Waals surface area contributed by atoms with Crippen molar-refractivity contribution in [3.8, 4) is 5.75 Å². The minimum absolute atomic E-state index is 0.223. The summed E-state index contributed by atoms with van der Waals surface area (Å²) in [6.45, 7) is 0.350. The van der Waals surface area contributed by atoms with E-state index in [-0.39, 0.29) is 11.6 Å². The van der Waals surface area contributed by atoms with Crippen molar-refractivity contribution in [3.63, 3.8) is 0 Å². The van der Waals surface area contributed by atoms with Gasteiger partial charge in [-0.3, -0.25) is 4.79 Å². The molecule has 1 aromatic carbocycles. The summed E-state index contributed by atoms with van der Waals surface area (Å²) in [7, 11) is 1.49. The maximum atomic E-state index is 13.4. The molecule has 0 saturated carbocycles. The van der Waals surface area contributed by atoms with Crippen molar-refractivity contribution in [2.75, 3.05) is 18.6 Å². The van der Waals surface area contributed by atoms with Gasteiger partial charge in [-0.2, -0.15) is 0 Å². The number of nitrogens with two attached hydrogens (primary N) is 1. The summed E-state index contributed by atoms with van der Waals surface area (Å²) in [4.78, 5) is 12.6. The summed E-state index contributed by atoms with van der Waals surface area (Å²) in [6, 6.07) is 3.75. The summed E-state index contributed by atoms with van der Waals surface area (Å²) in [6.07, 6.45) is 0. The van der Waals surface area contributed by atoms with Crippen LogP contribution in [0.3, 0.4) is 0 Å². The SMILES string of the molecule is COc1ccc(F)c(N2CC(N)C2=O)c1. The average Bonchev–Trinajstić information content (AvgIpc) is 2.26. The minimum Gasteiger partial charge on any atom is -0.497 e. The maximum absolute atomic E-state index is 13.4. The second kappa shape index (κ2) is 3.51. The first-order valence-electron chi connectivity index (χ1n) is 4.54. The molecule has 1 aliphatic rings. The van der Waals surface area contributed by atoms with E-state index < -0.39 is 11.9 Å². The molecular weight excluding hydrogens is 199 g/mol. The third-order valence-electron chi connectivity index (χ3n) is 2.41. The van der Waals surface area contributed by atoms with E-state index in [1.165, 1.54) is 30.2 Å². The molecule has 80 valence electrons. The van der Waals surface area contributed by atoms with Crippen LogP contribution < -0.4 is 15.4 Å². The topological polar surface area (TPSA) is 55.6 Å². The van der Waals surface area contributed by atoms with E-state index in [9.17, 15) is 9.18 Å². The zero-order valence-corrected chi connectivity index (χ0v) is 8.24. The van der Waals surface area contributed by atoms with E-state index in [4.69, 9.17) is 10.5 Å². The Hall–Kier alpha value is -1.62. The van der Waals surface area contributed by atoms with E-state index in [1.54, 1.807) is 0 Å². The van der Waals surface area contributed by atoms with E-state index >= 15 is 0 Å². The predicted molar refractivity (Wildman–Crippen MR) is 53.3 cm³/mol. The lowest BCUT2D eigenvalue weighted by Crippen LogP contribution is -2.61. The Balaban J connectivity index is 2.31. The Bertz CT molecular complexity index is 408. The van der Waals surface area contributed by atoms with Crippen LogP contribution in [0, 0.1) is 5.82 Å². The predicted octanol–water partition coefficient (Wildman–Crippen LogP) is 0.508. The molecule has 0 aromatic heterocycles. The van der Waals surface area contributed by atoms with Crippen LogP contribution in [0.25, 0.3) is 0 Å². The number of hydrogen-bond donors (Lipinski definition) is 1. The molecule has 1 amide bonds. The highest BCUT2D eigenvalue weighted by atomic mass is 19.1. The molecule has 1 unspecified atom stereocenters. The van der Waals surface area contributed by atoms with Crippen LogP contribution in [0.2, 0.25) is 0 Å². The molecule has 15 heavy (non-hydrogen) atoms. The quantitative estimate of drug-likeness (QED) is 0.723. The number of anilines is 1. The minimum atomic E-state index is -0.504. The lowest BCUT2D eigenvalue weighted by Gasteiger charge is -2.36. The molecule has 0 bridgehead atoms. The average molecular weight is 210 g/mol. The molecule has 1 saturated heterocycles. The molecule has 0 radical (unpaired) electrons. The van der Waals surface area contributed by atoms with Gasteiger partial charge in [0.1, 0.15) is 17.6 Å². The number of nitrogens with zero attached hydrogens (tertiary/aromatic N) is 1. The van der Waals surface area contributed by atoms with Gasteiger partial charge in [-0.1, -0.05) is 0 Å². The summed E-state index contributed by atoms with van der Waals surface area (Å²) in [5.41, 5.74) is 5.65. The summed E-state index contributed by atoms with van der Waals surface area (Å²) >= 11 is 0. The Labute approximate surface area is 86.4 Å².